The van der Waals surface area contributed by atoms with Gasteiger partial charge in [-0.05, 0) is 67.3 Å². The number of carbonyl (C=O) groups is 1. The summed E-state index contributed by atoms with van der Waals surface area (Å²) in [6.07, 6.45) is 4.69. The average Bonchev–Trinajstić information content (AvgIpc) is 2.91. The summed E-state index contributed by atoms with van der Waals surface area (Å²) in [6.45, 7) is 9.05. The largest absolute Gasteiger partial charge is 0.496 e. The van der Waals surface area contributed by atoms with Gasteiger partial charge in [-0.15, -0.1) is 0 Å². The van der Waals surface area contributed by atoms with E-state index in [1.807, 2.05) is 24.3 Å². The predicted molar refractivity (Wildman–Crippen MR) is 149 cm³/mol. The molecule has 5 heteroatoms. The molecule has 192 valence electrons. The molecule has 3 aromatic rings. The molecule has 3 aromatic carbocycles. The topological polar surface area (TPSA) is 67.8 Å². The molecule has 0 bridgehead atoms. The minimum atomic E-state index is -1.04. The van der Waals surface area contributed by atoms with E-state index in [0.717, 1.165) is 24.3 Å². The zero-order valence-corrected chi connectivity index (χ0v) is 21.7. The van der Waals surface area contributed by atoms with Gasteiger partial charge in [0.1, 0.15) is 23.2 Å². The molecule has 37 heavy (non-hydrogen) atoms. The lowest BCUT2D eigenvalue weighted by Gasteiger charge is -2.34. The van der Waals surface area contributed by atoms with Crippen LogP contribution in [0.15, 0.2) is 102 Å². The molecule has 0 aliphatic carbocycles. The maximum absolute atomic E-state index is 11.9. The summed E-state index contributed by atoms with van der Waals surface area (Å²) in [7, 11) is 1.49. The van der Waals surface area contributed by atoms with Crippen LogP contribution in [-0.4, -0.2) is 30.8 Å². The Hall–Kier alpha value is -3.83. The Morgan fingerprint density at radius 1 is 1.16 bits per heavy atom. The highest BCUT2D eigenvalue weighted by Crippen LogP contribution is 2.43. The van der Waals surface area contributed by atoms with Crippen molar-refractivity contribution in [3.63, 3.8) is 0 Å². The molecule has 0 spiro atoms. The van der Waals surface area contributed by atoms with Crippen molar-refractivity contribution in [1.82, 2.24) is 5.32 Å². The number of ether oxygens (including phenoxy) is 2. The lowest BCUT2D eigenvalue weighted by molar-refractivity contribution is -0.132. The molecule has 0 fully saturated rings. The predicted octanol–water partition coefficient (Wildman–Crippen LogP) is 6.93. The number of rotatable bonds is 10. The number of para-hydroxylation sites is 1. The maximum Gasteiger partial charge on any atom is 0.339 e. The summed E-state index contributed by atoms with van der Waals surface area (Å²) in [5, 5.41) is 15.9. The van der Waals surface area contributed by atoms with E-state index in [9.17, 15) is 9.90 Å². The van der Waals surface area contributed by atoms with Crippen molar-refractivity contribution in [2.45, 2.75) is 44.8 Å². The third-order valence-corrected chi connectivity index (χ3v) is 7.02. The van der Waals surface area contributed by atoms with Crippen molar-refractivity contribution >= 4 is 16.7 Å². The van der Waals surface area contributed by atoms with Gasteiger partial charge < -0.3 is 19.9 Å². The maximum atomic E-state index is 11.9. The number of carboxylic acid groups (broad SMARTS) is 1. The van der Waals surface area contributed by atoms with Crippen molar-refractivity contribution in [3.05, 3.63) is 113 Å². The first kappa shape index (κ1) is 26.2. The molecule has 1 aliphatic rings. The van der Waals surface area contributed by atoms with E-state index < -0.39 is 5.97 Å². The summed E-state index contributed by atoms with van der Waals surface area (Å²) in [5.41, 5.74) is 3.02. The molecule has 0 saturated heterocycles. The van der Waals surface area contributed by atoms with Gasteiger partial charge in [0.15, 0.2) is 0 Å². The second-order valence-electron chi connectivity index (χ2n) is 9.38. The average molecular weight is 498 g/mol. The molecular weight excluding hydrogens is 462 g/mol. The van der Waals surface area contributed by atoms with Crippen LogP contribution in [0, 0.1) is 0 Å². The van der Waals surface area contributed by atoms with Crippen molar-refractivity contribution in [2.75, 3.05) is 13.7 Å². The van der Waals surface area contributed by atoms with E-state index in [1.54, 1.807) is 19.1 Å². The van der Waals surface area contributed by atoms with Crippen LogP contribution in [0.4, 0.5) is 0 Å². The van der Waals surface area contributed by atoms with Gasteiger partial charge in [-0.3, -0.25) is 0 Å². The van der Waals surface area contributed by atoms with E-state index in [2.05, 4.69) is 61.3 Å². The van der Waals surface area contributed by atoms with Gasteiger partial charge in [0.25, 0.3) is 0 Å². The Bertz CT molecular complexity index is 1330. The first-order valence-electron chi connectivity index (χ1n) is 12.7. The number of nitrogens with one attached hydrogen (secondary N) is 1. The first-order chi connectivity index (χ1) is 17.9. The summed E-state index contributed by atoms with van der Waals surface area (Å²) in [4.78, 5) is 11.9. The fourth-order valence-electron chi connectivity index (χ4n) is 5.18. The van der Waals surface area contributed by atoms with Gasteiger partial charge in [-0.1, -0.05) is 73.3 Å². The Morgan fingerprint density at radius 2 is 1.89 bits per heavy atom. The van der Waals surface area contributed by atoms with Crippen molar-refractivity contribution < 1.29 is 19.4 Å². The number of methoxy groups -OCH3 is 1. The third kappa shape index (κ3) is 5.78. The Balaban J connectivity index is 1.51. The quantitative estimate of drug-likeness (QED) is 0.181. The fraction of sp³-hybridized carbons (Fsp3) is 0.281. The number of carboxylic acids is 1. The first-order valence-corrected chi connectivity index (χ1v) is 12.7. The van der Waals surface area contributed by atoms with E-state index in [-0.39, 0.29) is 23.6 Å². The van der Waals surface area contributed by atoms with Crippen LogP contribution in [0.5, 0.6) is 5.75 Å². The molecule has 1 heterocycles. The normalized spacial score (nSPS) is 18.6. The molecule has 0 aromatic heterocycles. The minimum absolute atomic E-state index is 0.0445. The highest BCUT2D eigenvalue weighted by Gasteiger charge is 2.32. The van der Waals surface area contributed by atoms with E-state index in [0.29, 0.717) is 17.8 Å². The number of benzene rings is 3. The minimum Gasteiger partial charge on any atom is -0.496 e. The van der Waals surface area contributed by atoms with Gasteiger partial charge in [-0.25, -0.2) is 4.79 Å². The summed E-state index contributed by atoms with van der Waals surface area (Å²) in [6, 6.07) is 23.0. The Morgan fingerprint density at radius 3 is 2.65 bits per heavy atom. The SMILES string of the molecule is C=C(/C(OC)=C(\C=C/C)C(=O)O)[C@@H]1C[C@H](CCN[C@H](C)c2cccc3ccccc23)Oc2ccccc21. The smallest absolute Gasteiger partial charge is 0.339 e. The number of fused-ring (bicyclic) bond motifs is 2. The zero-order valence-electron chi connectivity index (χ0n) is 21.7. The molecule has 2 N–H and O–H groups in total. The fourth-order valence-corrected chi connectivity index (χ4v) is 5.18. The molecule has 1 aliphatic heterocycles. The molecular formula is C32H35NO4. The second-order valence-corrected chi connectivity index (χ2v) is 9.38. The molecule has 0 amide bonds. The van der Waals surface area contributed by atoms with Crippen LogP contribution in [-0.2, 0) is 9.53 Å². The zero-order chi connectivity index (χ0) is 26.4. The number of allylic oxidation sites excluding steroid dienone is 2. The van der Waals surface area contributed by atoms with Crippen LogP contribution >= 0.6 is 0 Å². The Labute approximate surface area is 219 Å². The van der Waals surface area contributed by atoms with Crippen molar-refractivity contribution in [3.8, 4) is 5.75 Å². The van der Waals surface area contributed by atoms with Crippen molar-refractivity contribution in [2.24, 2.45) is 0 Å². The lowest BCUT2D eigenvalue weighted by Crippen LogP contribution is -2.31. The molecule has 0 saturated carbocycles. The van der Waals surface area contributed by atoms with Crippen molar-refractivity contribution in [1.29, 1.82) is 0 Å². The van der Waals surface area contributed by atoms with E-state index in [4.69, 9.17) is 9.47 Å². The molecule has 0 unspecified atom stereocenters. The lowest BCUT2D eigenvalue weighted by atomic mass is 9.82. The second kappa shape index (κ2) is 11.9. The van der Waals surface area contributed by atoms with Crippen LogP contribution in [0.3, 0.4) is 0 Å². The molecule has 3 atom stereocenters. The van der Waals surface area contributed by atoms with Crippen LogP contribution in [0.1, 0.15) is 49.8 Å². The summed E-state index contributed by atoms with van der Waals surface area (Å²) >= 11 is 0. The molecule has 0 radical (unpaired) electrons. The third-order valence-electron chi connectivity index (χ3n) is 7.02. The van der Waals surface area contributed by atoms with Gasteiger partial charge in [0.2, 0.25) is 0 Å². The molecule has 4 rings (SSSR count). The number of aliphatic carboxylic acids is 1. The van der Waals surface area contributed by atoms with Crippen LogP contribution in [0.25, 0.3) is 10.8 Å². The molecule has 5 nitrogen and oxygen atoms in total. The summed E-state index contributed by atoms with van der Waals surface area (Å²) < 4.78 is 12.0. The van der Waals surface area contributed by atoms with Crippen LogP contribution in [0.2, 0.25) is 0 Å². The standard InChI is InChI=1S/C32H35NO4/c1-5-11-28(32(34)35)31(36-4)21(2)29-20-24(37-30-17-9-8-15-27(29)30)18-19-33-22(3)25-16-10-13-23-12-6-7-14-26(23)25/h5-17,22,24,29,33H,2,18-20H2,1,3-4H3,(H,34,35)/b11-5-,31-28-/t22-,24+,29+/m1/s1. The number of hydrogen-bond donors (Lipinski definition) is 2. The van der Waals surface area contributed by atoms with Gasteiger partial charge in [0, 0.05) is 17.5 Å². The van der Waals surface area contributed by atoms with E-state index >= 15 is 0 Å². The van der Waals surface area contributed by atoms with E-state index in [1.165, 1.54) is 23.4 Å². The van der Waals surface area contributed by atoms with Gasteiger partial charge >= 0.3 is 5.97 Å². The Kier molecular flexibility index (Phi) is 8.47. The monoisotopic (exact) mass is 497 g/mol. The van der Waals surface area contributed by atoms with Gasteiger partial charge in [0.05, 0.1) is 7.11 Å². The van der Waals surface area contributed by atoms with Crippen LogP contribution < -0.4 is 10.1 Å². The van der Waals surface area contributed by atoms with Gasteiger partial charge in [-0.2, -0.15) is 0 Å². The highest BCUT2D eigenvalue weighted by molar-refractivity contribution is 5.91. The highest BCUT2D eigenvalue weighted by atomic mass is 16.5. The number of hydrogen-bond acceptors (Lipinski definition) is 4. The summed E-state index contributed by atoms with van der Waals surface area (Å²) in [5.74, 6) is -0.0428.